The molecular weight excluding hydrogens is 238 g/mol. The number of nitrogens with two attached hydrogens (primary N) is 1. The maximum Gasteiger partial charge on any atom is 0.228 e. The van der Waals surface area contributed by atoms with Crippen LogP contribution in [0, 0.1) is 0 Å². The van der Waals surface area contributed by atoms with Crippen LogP contribution in [0.4, 0.5) is 0 Å². The number of hydrogen-bond donors (Lipinski definition) is 1. The summed E-state index contributed by atoms with van der Waals surface area (Å²) < 4.78 is 5.28. The first-order valence-corrected chi connectivity index (χ1v) is 6.88. The van der Waals surface area contributed by atoms with Crippen molar-refractivity contribution in [1.82, 2.24) is 10.1 Å². The largest absolute Gasteiger partial charge is 0.339 e. The first kappa shape index (κ1) is 12.4. The van der Waals surface area contributed by atoms with Crippen molar-refractivity contribution in [3.63, 3.8) is 0 Å². The van der Waals surface area contributed by atoms with E-state index in [2.05, 4.69) is 22.3 Å². The van der Waals surface area contributed by atoms with E-state index in [0.717, 1.165) is 31.5 Å². The number of nitrogens with zero attached hydrogens (tertiary/aromatic N) is 2. The Labute approximate surface area is 113 Å². The summed E-state index contributed by atoms with van der Waals surface area (Å²) in [6.07, 6.45) is 5.80. The van der Waals surface area contributed by atoms with Gasteiger partial charge in [0.15, 0.2) is 5.82 Å². The molecule has 1 fully saturated rings. The number of hydrogen-bond acceptors (Lipinski definition) is 4. The first-order valence-electron chi connectivity index (χ1n) is 6.88. The molecule has 0 atom stereocenters. The fourth-order valence-electron chi connectivity index (χ4n) is 2.47. The molecule has 1 aliphatic rings. The summed E-state index contributed by atoms with van der Waals surface area (Å²) in [7, 11) is 0. The minimum absolute atomic E-state index is 0.0940. The molecule has 0 aliphatic heterocycles. The minimum atomic E-state index is -0.0940. The smallest absolute Gasteiger partial charge is 0.228 e. The fraction of sp³-hybridized carbons (Fsp3) is 0.467. The highest BCUT2D eigenvalue weighted by atomic mass is 16.5. The Morgan fingerprint density at radius 1 is 1.16 bits per heavy atom. The van der Waals surface area contributed by atoms with Crippen molar-refractivity contribution in [2.75, 3.05) is 0 Å². The third-order valence-electron chi connectivity index (χ3n) is 3.84. The molecule has 2 aromatic rings. The van der Waals surface area contributed by atoms with E-state index in [1.54, 1.807) is 0 Å². The van der Waals surface area contributed by atoms with Crippen LogP contribution in [0.5, 0.6) is 0 Å². The summed E-state index contributed by atoms with van der Waals surface area (Å²) in [6, 6.07) is 10.3. The van der Waals surface area contributed by atoms with Crippen molar-refractivity contribution in [2.24, 2.45) is 5.73 Å². The van der Waals surface area contributed by atoms with Crippen molar-refractivity contribution < 1.29 is 4.52 Å². The summed E-state index contributed by atoms with van der Waals surface area (Å²) in [5, 5.41) is 4.03. The molecule has 1 saturated carbocycles. The van der Waals surface area contributed by atoms with E-state index in [-0.39, 0.29) is 5.54 Å². The molecule has 1 aliphatic carbocycles. The van der Waals surface area contributed by atoms with E-state index in [0.29, 0.717) is 12.3 Å². The van der Waals surface area contributed by atoms with Crippen LogP contribution in [-0.2, 0) is 19.3 Å². The van der Waals surface area contributed by atoms with Crippen molar-refractivity contribution in [3.8, 4) is 0 Å². The zero-order chi connectivity index (χ0) is 13.1. The molecule has 1 aromatic heterocycles. The summed E-state index contributed by atoms with van der Waals surface area (Å²) in [6.45, 7) is 0. The molecule has 0 spiro atoms. The lowest BCUT2D eigenvalue weighted by atomic mass is 9.75. The Bertz CT molecular complexity index is 531. The third-order valence-corrected chi connectivity index (χ3v) is 3.84. The number of rotatable bonds is 5. The second kappa shape index (κ2) is 5.13. The third kappa shape index (κ3) is 3.01. The lowest BCUT2D eigenvalue weighted by molar-refractivity contribution is 0.221. The molecule has 3 rings (SSSR count). The summed E-state index contributed by atoms with van der Waals surface area (Å²) in [4.78, 5) is 4.43. The van der Waals surface area contributed by atoms with Gasteiger partial charge < -0.3 is 10.3 Å². The Morgan fingerprint density at radius 3 is 2.63 bits per heavy atom. The van der Waals surface area contributed by atoms with Gasteiger partial charge in [0.25, 0.3) is 0 Å². The van der Waals surface area contributed by atoms with E-state index in [1.807, 2.05) is 18.2 Å². The van der Waals surface area contributed by atoms with E-state index in [1.165, 1.54) is 12.0 Å². The normalized spacial score (nSPS) is 17.1. The number of benzene rings is 1. The molecule has 4 heteroatoms. The maximum atomic E-state index is 6.18. The van der Waals surface area contributed by atoms with Gasteiger partial charge >= 0.3 is 0 Å². The Hall–Kier alpha value is -1.68. The van der Waals surface area contributed by atoms with Gasteiger partial charge in [-0.25, -0.2) is 0 Å². The molecule has 0 unspecified atom stereocenters. The van der Waals surface area contributed by atoms with E-state index in [4.69, 9.17) is 10.3 Å². The second-order valence-electron chi connectivity index (χ2n) is 5.48. The lowest BCUT2D eigenvalue weighted by Crippen LogP contribution is -2.48. The molecule has 19 heavy (non-hydrogen) atoms. The highest BCUT2D eigenvalue weighted by Gasteiger charge is 2.34. The van der Waals surface area contributed by atoms with Crippen LogP contribution in [0.1, 0.15) is 36.5 Å². The number of aryl methyl sites for hydroxylation is 2. The van der Waals surface area contributed by atoms with Gasteiger partial charge in [-0.1, -0.05) is 35.5 Å². The molecule has 1 aromatic carbocycles. The molecule has 0 bridgehead atoms. The van der Waals surface area contributed by atoms with Gasteiger partial charge in [0, 0.05) is 18.4 Å². The average molecular weight is 257 g/mol. The van der Waals surface area contributed by atoms with Crippen LogP contribution < -0.4 is 5.73 Å². The fourth-order valence-corrected chi connectivity index (χ4v) is 2.47. The quantitative estimate of drug-likeness (QED) is 0.892. The topological polar surface area (TPSA) is 64.9 Å². The summed E-state index contributed by atoms with van der Waals surface area (Å²) in [5.74, 6) is 1.46. The molecule has 0 radical (unpaired) electrons. The van der Waals surface area contributed by atoms with Crippen molar-refractivity contribution in [3.05, 3.63) is 47.6 Å². The lowest BCUT2D eigenvalue weighted by Gasteiger charge is -2.36. The van der Waals surface area contributed by atoms with Gasteiger partial charge in [-0.15, -0.1) is 0 Å². The van der Waals surface area contributed by atoms with Crippen molar-refractivity contribution in [1.29, 1.82) is 0 Å². The molecular formula is C15H19N3O. The van der Waals surface area contributed by atoms with Crippen molar-refractivity contribution >= 4 is 0 Å². The molecule has 1 heterocycles. The van der Waals surface area contributed by atoms with Crippen LogP contribution in [0.15, 0.2) is 34.9 Å². The van der Waals surface area contributed by atoms with Crippen LogP contribution in [0.2, 0.25) is 0 Å². The van der Waals surface area contributed by atoms with Crippen LogP contribution in [-0.4, -0.2) is 15.7 Å². The SMILES string of the molecule is NC1(Cc2nc(CCc3ccccc3)no2)CCC1. The predicted octanol–water partition coefficient (Wildman–Crippen LogP) is 2.28. The molecule has 0 amide bonds. The minimum Gasteiger partial charge on any atom is -0.339 e. The summed E-state index contributed by atoms with van der Waals surface area (Å²) in [5.41, 5.74) is 7.38. The zero-order valence-electron chi connectivity index (χ0n) is 11.0. The zero-order valence-corrected chi connectivity index (χ0v) is 11.0. The monoisotopic (exact) mass is 257 g/mol. The van der Waals surface area contributed by atoms with Crippen molar-refractivity contribution in [2.45, 2.75) is 44.1 Å². The predicted molar refractivity (Wildman–Crippen MR) is 72.6 cm³/mol. The Balaban J connectivity index is 1.56. The van der Waals surface area contributed by atoms with Crippen LogP contribution >= 0.6 is 0 Å². The molecule has 2 N–H and O–H groups in total. The van der Waals surface area contributed by atoms with Gasteiger partial charge in [-0.2, -0.15) is 4.98 Å². The van der Waals surface area contributed by atoms with Crippen LogP contribution in [0.3, 0.4) is 0 Å². The van der Waals surface area contributed by atoms with E-state index >= 15 is 0 Å². The average Bonchev–Trinajstić information content (AvgIpc) is 2.83. The van der Waals surface area contributed by atoms with E-state index < -0.39 is 0 Å². The van der Waals surface area contributed by atoms with Gasteiger partial charge in [-0.3, -0.25) is 0 Å². The standard InChI is InChI=1S/C15H19N3O/c16-15(9-4-10-15)11-14-17-13(18-19-14)8-7-12-5-2-1-3-6-12/h1-3,5-6H,4,7-11,16H2. The number of aromatic nitrogens is 2. The van der Waals surface area contributed by atoms with E-state index in [9.17, 15) is 0 Å². The van der Waals surface area contributed by atoms with Gasteiger partial charge in [0.05, 0.1) is 0 Å². The first-order chi connectivity index (χ1) is 9.23. The Kier molecular flexibility index (Phi) is 3.34. The van der Waals surface area contributed by atoms with Gasteiger partial charge in [0.1, 0.15) is 0 Å². The molecule has 100 valence electrons. The molecule has 4 nitrogen and oxygen atoms in total. The Morgan fingerprint density at radius 2 is 1.95 bits per heavy atom. The van der Waals surface area contributed by atoms with Crippen LogP contribution in [0.25, 0.3) is 0 Å². The highest BCUT2D eigenvalue weighted by Crippen LogP contribution is 2.31. The van der Waals surface area contributed by atoms with Gasteiger partial charge in [0.2, 0.25) is 5.89 Å². The molecule has 0 saturated heterocycles. The van der Waals surface area contributed by atoms with Gasteiger partial charge in [-0.05, 0) is 31.2 Å². The summed E-state index contributed by atoms with van der Waals surface area (Å²) >= 11 is 0. The second-order valence-corrected chi connectivity index (χ2v) is 5.48. The maximum absolute atomic E-state index is 6.18. The highest BCUT2D eigenvalue weighted by molar-refractivity contribution is 5.15.